The summed E-state index contributed by atoms with van der Waals surface area (Å²) in [6, 6.07) is 4.53. The summed E-state index contributed by atoms with van der Waals surface area (Å²) >= 11 is 8.08. The van der Waals surface area contributed by atoms with E-state index in [0.29, 0.717) is 49.8 Å². The summed E-state index contributed by atoms with van der Waals surface area (Å²) in [5, 5.41) is 13.9. The topological polar surface area (TPSA) is 122 Å². The first-order valence-corrected chi connectivity index (χ1v) is 18.3. The molecule has 0 amide bonds. The third kappa shape index (κ3) is 4.99. The number of nitriles is 1. The van der Waals surface area contributed by atoms with Gasteiger partial charge < -0.3 is 30.2 Å². The van der Waals surface area contributed by atoms with Crippen LogP contribution in [-0.4, -0.2) is 91.8 Å². The van der Waals surface area contributed by atoms with E-state index in [4.69, 9.17) is 36.5 Å². The normalized spacial score (nSPS) is 26.4. The number of fused-ring (bicyclic) bond motifs is 3. The van der Waals surface area contributed by atoms with Crippen LogP contribution in [0.2, 0.25) is 5.02 Å². The molecule has 0 spiro atoms. The van der Waals surface area contributed by atoms with Gasteiger partial charge in [-0.1, -0.05) is 17.7 Å². The second kappa shape index (κ2) is 12.3. The number of nitrogens with one attached hydrogen (secondary N) is 1. The molecule has 4 atom stereocenters. The van der Waals surface area contributed by atoms with Gasteiger partial charge in [-0.25, -0.2) is 13.2 Å². The number of rotatable bonds is 7. The molecule has 4 aromatic rings. The van der Waals surface area contributed by atoms with Crippen LogP contribution in [0.5, 0.6) is 11.8 Å². The number of aromatic nitrogens is 2. The Bertz CT molecular complexity index is 2080. The maximum absolute atomic E-state index is 17.4. The molecule has 2 aromatic carbocycles. The average molecular weight is 726 g/mol. The SMILES string of the molecule is N#Cc1c(N)sc2c(F)ccc(-c3c(Cl)c4c5c(nc(OC[C@@]67CCCN6C[C@H](F)C7)nc5c3F)N(CCC3CNC3)C3COCC3CO4)c12. The number of hydrogen-bond acceptors (Lipinski definition) is 11. The third-order valence-electron chi connectivity index (χ3n) is 11.3. The third-order valence-corrected chi connectivity index (χ3v) is 12.7. The molecule has 7 heterocycles. The fourth-order valence-corrected chi connectivity index (χ4v) is 9.90. The highest BCUT2D eigenvalue weighted by Crippen LogP contribution is 2.51. The van der Waals surface area contributed by atoms with Crippen molar-refractivity contribution in [3.05, 3.63) is 34.4 Å². The number of thiophene rings is 1. The van der Waals surface area contributed by atoms with Gasteiger partial charge >= 0.3 is 6.01 Å². The summed E-state index contributed by atoms with van der Waals surface area (Å²) in [4.78, 5) is 13.9. The fraction of sp³-hybridized carbons (Fsp3) is 0.514. The lowest BCUT2D eigenvalue weighted by Crippen LogP contribution is -2.48. The molecule has 5 aliphatic heterocycles. The Morgan fingerprint density at radius 3 is 2.86 bits per heavy atom. The second-order valence-electron chi connectivity index (χ2n) is 14.2. The van der Waals surface area contributed by atoms with Crippen molar-refractivity contribution < 1.29 is 27.4 Å². The van der Waals surface area contributed by atoms with Crippen molar-refractivity contribution in [3.8, 4) is 29.0 Å². The molecule has 0 radical (unpaired) electrons. The monoisotopic (exact) mass is 725 g/mol. The van der Waals surface area contributed by atoms with E-state index in [9.17, 15) is 9.65 Å². The highest BCUT2D eigenvalue weighted by atomic mass is 35.5. The highest BCUT2D eigenvalue weighted by Gasteiger charge is 2.49. The Kier molecular flexibility index (Phi) is 7.93. The minimum Gasteiger partial charge on any atom is -0.491 e. The lowest BCUT2D eigenvalue weighted by atomic mass is 9.94. The van der Waals surface area contributed by atoms with Gasteiger partial charge in [0.25, 0.3) is 0 Å². The molecule has 3 N–H and O–H groups in total. The highest BCUT2D eigenvalue weighted by molar-refractivity contribution is 7.23. The van der Waals surface area contributed by atoms with Crippen LogP contribution in [-0.2, 0) is 4.74 Å². The molecule has 2 aromatic heterocycles. The number of hydrogen-bond donors (Lipinski definition) is 2. The van der Waals surface area contributed by atoms with E-state index in [2.05, 4.69) is 26.2 Å². The standard InChI is InChI=1S/C35H35ClF3N7O3S/c36-27-25(20-2-3-22(38)31-24(20)21(9-40)32(41)50-31)28(39)29-26-30(27)48-14-18-13-47-15-23(18)46(7-4-17-10-42-11-17)33(26)44-34(43-29)49-16-35-5-1-6-45(35)12-19(37)8-35/h2-3,17-19,23,42H,1,4-8,10-16,41H2/t18?,19-,23?,35+/m1/s1. The number of anilines is 2. The van der Waals surface area contributed by atoms with E-state index in [0.717, 1.165) is 50.2 Å². The molecule has 9 rings (SSSR count). The van der Waals surface area contributed by atoms with Gasteiger partial charge in [0.05, 0.1) is 52.1 Å². The van der Waals surface area contributed by atoms with Gasteiger partial charge in [0.15, 0.2) is 11.6 Å². The zero-order valence-corrected chi connectivity index (χ0v) is 28.7. The van der Waals surface area contributed by atoms with Crippen molar-refractivity contribution >= 4 is 54.7 Å². The van der Waals surface area contributed by atoms with Gasteiger partial charge in [-0.15, -0.1) is 11.3 Å². The van der Waals surface area contributed by atoms with E-state index >= 15 is 8.78 Å². The maximum atomic E-state index is 17.4. The molecule has 5 aliphatic rings. The number of ether oxygens (including phenoxy) is 3. The Labute approximate surface area is 295 Å². The summed E-state index contributed by atoms with van der Waals surface area (Å²) in [6.07, 6.45) is 2.01. The summed E-state index contributed by atoms with van der Waals surface area (Å²) < 4.78 is 66.1. The van der Waals surface area contributed by atoms with Crippen molar-refractivity contribution in [1.82, 2.24) is 20.2 Å². The van der Waals surface area contributed by atoms with E-state index in [1.807, 2.05) is 0 Å². The van der Waals surface area contributed by atoms with Gasteiger partial charge in [-0.05, 0) is 56.4 Å². The lowest BCUT2D eigenvalue weighted by Gasteiger charge is -2.38. The van der Waals surface area contributed by atoms with E-state index < -0.39 is 23.3 Å². The molecule has 10 nitrogen and oxygen atoms in total. The molecule has 0 aliphatic carbocycles. The summed E-state index contributed by atoms with van der Waals surface area (Å²) in [7, 11) is 0. The molecule has 262 valence electrons. The molecule has 2 unspecified atom stereocenters. The van der Waals surface area contributed by atoms with E-state index in [-0.39, 0.29) is 79.3 Å². The second-order valence-corrected chi connectivity index (χ2v) is 15.6. The Hall–Kier alpha value is -3.61. The first-order valence-electron chi connectivity index (χ1n) is 17.1. The van der Waals surface area contributed by atoms with Crippen LogP contribution >= 0.6 is 22.9 Å². The molecular formula is C35H35ClF3N7O3S. The zero-order valence-electron chi connectivity index (χ0n) is 27.1. The lowest BCUT2D eigenvalue weighted by molar-refractivity contribution is 0.107. The zero-order chi connectivity index (χ0) is 34.3. The Morgan fingerprint density at radius 1 is 1.20 bits per heavy atom. The first-order chi connectivity index (χ1) is 24.3. The molecule has 0 saturated carbocycles. The van der Waals surface area contributed by atoms with Crippen molar-refractivity contribution in [2.45, 2.75) is 43.4 Å². The van der Waals surface area contributed by atoms with Gasteiger partial charge in [-0.2, -0.15) is 15.2 Å². The van der Waals surface area contributed by atoms with Crippen molar-refractivity contribution in [2.24, 2.45) is 11.8 Å². The van der Waals surface area contributed by atoms with Gasteiger partial charge in [0.1, 0.15) is 41.0 Å². The number of halogens is 4. The minimum atomic E-state index is -0.945. The van der Waals surface area contributed by atoms with Gasteiger partial charge in [-0.3, -0.25) is 4.90 Å². The Morgan fingerprint density at radius 2 is 2.06 bits per heavy atom. The summed E-state index contributed by atoms with van der Waals surface area (Å²) in [5.41, 5.74) is 5.72. The van der Waals surface area contributed by atoms with Crippen LogP contribution in [0.3, 0.4) is 0 Å². The van der Waals surface area contributed by atoms with Crippen molar-refractivity contribution in [3.63, 3.8) is 0 Å². The number of nitrogen functional groups attached to an aromatic ring is 1. The summed E-state index contributed by atoms with van der Waals surface area (Å²) in [5.74, 6) is -0.303. The Balaban J connectivity index is 1.26. The van der Waals surface area contributed by atoms with Crippen LogP contribution in [0, 0.1) is 34.8 Å². The maximum Gasteiger partial charge on any atom is 0.319 e. The van der Waals surface area contributed by atoms with Crippen LogP contribution in [0.1, 0.15) is 31.2 Å². The van der Waals surface area contributed by atoms with Gasteiger partial charge in [0, 0.05) is 36.4 Å². The van der Waals surface area contributed by atoms with Crippen LogP contribution in [0.4, 0.5) is 24.0 Å². The van der Waals surface area contributed by atoms with Crippen LogP contribution < -0.4 is 25.4 Å². The van der Waals surface area contributed by atoms with Crippen molar-refractivity contribution in [2.75, 3.05) is 69.8 Å². The number of nitrogens with two attached hydrogens (primary N) is 1. The predicted octanol–water partition coefficient (Wildman–Crippen LogP) is 5.68. The smallest absolute Gasteiger partial charge is 0.319 e. The largest absolute Gasteiger partial charge is 0.491 e. The minimum absolute atomic E-state index is 0.0353. The van der Waals surface area contributed by atoms with Crippen molar-refractivity contribution in [1.29, 1.82) is 5.26 Å². The van der Waals surface area contributed by atoms with E-state index in [1.165, 1.54) is 12.1 Å². The molecule has 4 fully saturated rings. The average Bonchev–Trinajstić information content (AvgIpc) is 3.84. The molecule has 15 heteroatoms. The first kappa shape index (κ1) is 32.3. The number of benzene rings is 2. The van der Waals surface area contributed by atoms with Gasteiger partial charge in [0.2, 0.25) is 0 Å². The van der Waals surface area contributed by atoms with Crippen LogP contribution in [0.15, 0.2) is 12.1 Å². The quantitative estimate of drug-likeness (QED) is 0.246. The molecule has 0 bridgehead atoms. The number of nitrogens with zero attached hydrogens (tertiary/aromatic N) is 5. The predicted molar refractivity (Wildman–Crippen MR) is 185 cm³/mol. The molecule has 50 heavy (non-hydrogen) atoms. The van der Waals surface area contributed by atoms with Crippen LogP contribution in [0.25, 0.3) is 32.1 Å². The molecule has 4 saturated heterocycles. The summed E-state index contributed by atoms with van der Waals surface area (Å²) in [6.45, 7) is 4.95. The van der Waals surface area contributed by atoms with E-state index in [1.54, 1.807) is 0 Å². The number of alkyl halides is 1. The molecular weight excluding hydrogens is 691 g/mol. The fourth-order valence-electron chi connectivity index (χ4n) is 8.62.